The second-order valence-corrected chi connectivity index (χ2v) is 5.51. The van der Waals surface area contributed by atoms with Crippen molar-refractivity contribution in [1.29, 1.82) is 0 Å². The lowest BCUT2D eigenvalue weighted by Crippen LogP contribution is -2.37. The molecule has 0 aliphatic carbocycles. The van der Waals surface area contributed by atoms with E-state index in [1.165, 1.54) is 0 Å². The maximum absolute atomic E-state index is 12.6. The molecule has 108 valence electrons. The number of anilines is 1. The number of fused-ring (bicyclic) bond motifs is 1. The average molecular weight is 281 g/mol. The number of aryl methyl sites for hydroxylation is 1. The first-order chi connectivity index (χ1) is 10.2. The van der Waals surface area contributed by atoms with Gasteiger partial charge in [0.25, 0.3) is 0 Å². The van der Waals surface area contributed by atoms with Crippen molar-refractivity contribution in [3.8, 4) is 0 Å². The standard InChI is InChI=1S/C18H19NO2/c1-13-6-2-3-7-14(13)12-18(21)19-11-10-17(20)15-8-4-5-9-16(15)19/h2-9,17,20H,10-12H2,1H3. The molecule has 0 bridgehead atoms. The number of amides is 1. The minimum atomic E-state index is -0.469. The number of para-hydroxylation sites is 1. The fourth-order valence-corrected chi connectivity index (χ4v) is 2.87. The zero-order valence-corrected chi connectivity index (χ0v) is 12.1. The number of benzene rings is 2. The van der Waals surface area contributed by atoms with Crippen molar-refractivity contribution in [3.05, 3.63) is 65.2 Å². The smallest absolute Gasteiger partial charge is 0.231 e. The maximum atomic E-state index is 12.6. The highest BCUT2D eigenvalue weighted by Gasteiger charge is 2.27. The second-order valence-electron chi connectivity index (χ2n) is 5.51. The summed E-state index contributed by atoms with van der Waals surface area (Å²) in [5, 5.41) is 10.1. The molecule has 0 aromatic heterocycles. The fraction of sp³-hybridized carbons (Fsp3) is 0.278. The minimum absolute atomic E-state index is 0.0867. The summed E-state index contributed by atoms with van der Waals surface area (Å²) >= 11 is 0. The van der Waals surface area contributed by atoms with Gasteiger partial charge in [-0.3, -0.25) is 4.79 Å². The topological polar surface area (TPSA) is 40.5 Å². The van der Waals surface area contributed by atoms with E-state index in [0.717, 1.165) is 22.4 Å². The molecule has 2 aromatic carbocycles. The zero-order chi connectivity index (χ0) is 14.8. The molecule has 3 rings (SSSR count). The third-order valence-corrected chi connectivity index (χ3v) is 4.12. The van der Waals surface area contributed by atoms with Gasteiger partial charge in [0.1, 0.15) is 0 Å². The van der Waals surface area contributed by atoms with Gasteiger partial charge in [-0.05, 0) is 30.5 Å². The lowest BCUT2D eigenvalue weighted by Gasteiger charge is -2.32. The molecule has 1 heterocycles. The molecule has 1 N–H and O–H groups in total. The summed E-state index contributed by atoms with van der Waals surface area (Å²) < 4.78 is 0. The van der Waals surface area contributed by atoms with Gasteiger partial charge in [-0.1, -0.05) is 42.5 Å². The van der Waals surface area contributed by atoms with Crippen LogP contribution in [0.5, 0.6) is 0 Å². The molecule has 0 fully saturated rings. The number of carbonyl (C=O) groups is 1. The summed E-state index contributed by atoms with van der Waals surface area (Å²) in [4.78, 5) is 14.4. The monoisotopic (exact) mass is 281 g/mol. The summed E-state index contributed by atoms with van der Waals surface area (Å²) in [6.07, 6.45) is 0.525. The van der Waals surface area contributed by atoms with Crippen molar-refractivity contribution in [2.75, 3.05) is 11.4 Å². The summed E-state index contributed by atoms with van der Waals surface area (Å²) in [5.41, 5.74) is 3.89. The number of hydrogen-bond acceptors (Lipinski definition) is 2. The van der Waals surface area contributed by atoms with E-state index in [-0.39, 0.29) is 5.91 Å². The van der Waals surface area contributed by atoms with Crippen molar-refractivity contribution in [2.24, 2.45) is 0 Å². The number of rotatable bonds is 2. The molecular weight excluding hydrogens is 262 g/mol. The first-order valence-corrected chi connectivity index (χ1v) is 7.28. The van der Waals surface area contributed by atoms with Crippen LogP contribution < -0.4 is 4.90 Å². The quantitative estimate of drug-likeness (QED) is 0.919. The van der Waals surface area contributed by atoms with E-state index in [9.17, 15) is 9.90 Å². The Balaban J connectivity index is 1.86. The Bertz CT molecular complexity index is 666. The minimum Gasteiger partial charge on any atom is -0.388 e. The van der Waals surface area contributed by atoms with Crippen LogP contribution in [0.1, 0.15) is 29.2 Å². The lowest BCUT2D eigenvalue weighted by molar-refractivity contribution is -0.118. The number of aliphatic hydroxyl groups is 1. The van der Waals surface area contributed by atoms with Gasteiger partial charge in [-0.25, -0.2) is 0 Å². The van der Waals surface area contributed by atoms with E-state index < -0.39 is 6.10 Å². The predicted molar refractivity (Wildman–Crippen MR) is 83.3 cm³/mol. The predicted octanol–water partition coefficient (Wildman–Crippen LogP) is 3.01. The molecule has 2 aromatic rings. The Kier molecular flexibility index (Phi) is 3.76. The van der Waals surface area contributed by atoms with Crippen molar-refractivity contribution in [2.45, 2.75) is 25.9 Å². The molecule has 1 aliphatic heterocycles. The number of carbonyl (C=O) groups excluding carboxylic acids is 1. The molecule has 1 aliphatic rings. The van der Waals surface area contributed by atoms with Crippen molar-refractivity contribution in [3.63, 3.8) is 0 Å². The molecule has 1 amide bonds. The van der Waals surface area contributed by atoms with Crippen LogP contribution in [0.15, 0.2) is 48.5 Å². The van der Waals surface area contributed by atoms with Gasteiger partial charge < -0.3 is 10.0 Å². The Labute approximate surface area is 124 Å². The van der Waals surface area contributed by atoms with Gasteiger partial charge in [-0.15, -0.1) is 0 Å². The Morgan fingerprint density at radius 2 is 1.90 bits per heavy atom. The van der Waals surface area contributed by atoms with Gasteiger partial charge in [0.15, 0.2) is 0 Å². The van der Waals surface area contributed by atoms with Gasteiger partial charge in [0.2, 0.25) is 5.91 Å². The van der Waals surface area contributed by atoms with Crippen molar-refractivity contribution in [1.82, 2.24) is 0 Å². The van der Waals surface area contributed by atoms with Crippen LogP contribution in [0.2, 0.25) is 0 Å². The molecule has 0 spiro atoms. The first-order valence-electron chi connectivity index (χ1n) is 7.28. The third kappa shape index (κ3) is 2.69. The van der Waals surface area contributed by atoms with Gasteiger partial charge >= 0.3 is 0 Å². The first kappa shape index (κ1) is 13.8. The fourth-order valence-electron chi connectivity index (χ4n) is 2.87. The highest BCUT2D eigenvalue weighted by atomic mass is 16.3. The molecule has 0 saturated heterocycles. The summed E-state index contributed by atoms with van der Waals surface area (Å²) in [6, 6.07) is 15.6. The molecule has 3 heteroatoms. The summed E-state index contributed by atoms with van der Waals surface area (Å²) in [5.74, 6) is 0.0867. The van der Waals surface area contributed by atoms with E-state index in [1.807, 2.05) is 55.5 Å². The molecular formula is C18H19NO2. The zero-order valence-electron chi connectivity index (χ0n) is 12.1. The lowest BCUT2D eigenvalue weighted by atomic mass is 9.97. The molecule has 3 nitrogen and oxygen atoms in total. The molecule has 1 atom stereocenters. The van der Waals surface area contributed by atoms with Crippen molar-refractivity contribution < 1.29 is 9.90 Å². The number of hydrogen-bond donors (Lipinski definition) is 1. The Hall–Kier alpha value is -2.13. The molecule has 0 saturated carbocycles. The van der Waals surface area contributed by atoms with Crippen LogP contribution >= 0.6 is 0 Å². The normalized spacial score (nSPS) is 17.4. The molecule has 0 radical (unpaired) electrons. The van der Waals surface area contributed by atoms with Crippen LogP contribution in [0.4, 0.5) is 5.69 Å². The molecule has 1 unspecified atom stereocenters. The van der Waals surface area contributed by atoms with Gasteiger partial charge in [0, 0.05) is 17.8 Å². The summed E-state index contributed by atoms with van der Waals surface area (Å²) in [6.45, 7) is 2.60. The van der Waals surface area contributed by atoms with Crippen LogP contribution in [0.3, 0.4) is 0 Å². The van der Waals surface area contributed by atoms with Gasteiger partial charge in [-0.2, -0.15) is 0 Å². The van der Waals surface area contributed by atoms with E-state index >= 15 is 0 Å². The van der Waals surface area contributed by atoms with Crippen LogP contribution in [0, 0.1) is 6.92 Å². The highest BCUT2D eigenvalue weighted by Crippen LogP contribution is 2.33. The van der Waals surface area contributed by atoms with E-state index in [4.69, 9.17) is 0 Å². The number of aliphatic hydroxyl groups excluding tert-OH is 1. The third-order valence-electron chi connectivity index (χ3n) is 4.12. The molecule has 21 heavy (non-hydrogen) atoms. The number of nitrogens with zero attached hydrogens (tertiary/aromatic N) is 1. The van der Waals surface area contributed by atoms with E-state index in [0.29, 0.717) is 19.4 Å². The van der Waals surface area contributed by atoms with E-state index in [1.54, 1.807) is 4.90 Å². The Morgan fingerprint density at radius 3 is 2.71 bits per heavy atom. The van der Waals surface area contributed by atoms with Gasteiger partial charge in [0.05, 0.1) is 12.5 Å². The van der Waals surface area contributed by atoms with Crippen LogP contribution in [0.25, 0.3) is 0 Å². The van der Waals surface area contributed by atoms with Crippen molar-refractivity contribution >= 4 is 11.6 Å². The SMILES string of the molecule is Cc1ccccc1CC(=O)N1CCC(O)c2ccccc21. The highest BCUT2D eigenvalue weighted by molar-refractivity contribution is 5.96. The average Bonchev–Trinajstić information content (AvgIpc) is 2.50. The largest absolute Gasteiger partial charge is 0.388 e. The van der Waals surface area contributed by atoms with Crippen LogP contribution in [-0.2, 0) is 11.2 Å². The van der Waals surface area contributed by atoms with E-state index in [2.05, 4.69) is 0 Å². The summed E-state index contributed by atoms with van der Waals surface area (Å²) in [7, 11) is 0. The maximum Gasteiger partial charge on any atom is 0.231 e. The Morgan fingerprint density at radius 1 is 1.19 bits per heavy atom. The van der Waals surface area contributed by atoms with Crippen LogP contribution in [-0.4, -0.2) is 17.6 Å². The second kappa shape index (κ2) is 5.70.